The third-order valence-corrected chi connectivity index (χ3v) is 2.39. The Kier molecular flexibility index (Phi) is 2.46. The number of hydrogen-bond acceptors (Lipinski definition) is 3. The summed E-state index contributed by atoms with van der Waals surface area (Å²) in [6, 6.07) is 3.15. The van der Waals surface area contributed by atoms with Gasteiger partial charge in [-0.1, -0.05) is 11.6 Å². The van der Waals surface area contributed by atoms with E-state index in [1.807, 2.05) is 0 Å². The van der Waals surface area contributed by atoms with E-state index < -0.39 is 0 Å². The first-order valence-electron chi connectivity index (χ1n) is 4.52. The molecule has 1 atom stereocenters. The maximum Gasteiger partial charge on any atom is 0.254 e. The first-order chi connectivity index (χ1) is 7.08. The second kappa shape index (κ2) is 3.64. The van der Waals surface area contributed by atoms with Crippen LogP contribution in [-0.4, -0.2) is 9.97 Å². The molecule has 0 fully saturated rings. The fourth-order valence-corrected chi connectivity index (χ4v) is 1.59. The minimum Gasteiger partial charge on any atom is -0.324 e. The van der Waals surface area contributed by atoms with Crippen LogP contribution in [0.3, 0.4) is 0 Å². The number of hydrogen-bond donors (Lipinski definition) is 2. The summed E-state index contributed by atoms with van der Waals surface area (Å²) < 4.78 is 0. The molecule has 4 nitrogen and oxygen atoms in total. The fourth-order valence-electron chi connectivity index (χ4n) is 1.42. The molecule has 2 rings (SSSR count). The van der Waals surface area contributed by atoms with Crippen molar-refractivity contribution in [3.63, 3.8) is 0 Å². The lowest BCUT2D eigenvalue weighted by Crippen LogP contribution is -2.19. The highest BCUT2D eigenvalue weighted by Gasteiger charge is 2.07. The molecular formula is C10H10ClN3O. The van der Waals surface area contributed by atoms with E-state index in [0.717, 1.165) is 5.39 Å². The lowest BCUT2D eigenvalue weighted by Gasteiger charge is -2.05. The van der Waals surface area contributed by atoms with E-state index in [9.17, 15) is 4.79 Å². The highest BCUT2D eigenvalue weighted by molar-refractivity contribution is 6.31. The van der Waals surface area contributed by atoms with Gasteiger partial charge in [0, 0.05) is 23.2 Å². The molecule has 0 amide bonds. The summed E-state index contributed by atoms with van der Waals surface area (Å²) in [6.45, 7) is 1.76. The molecule has 2 aromatic rings. The molecule has 0 unspecified atom stereocenters. The molecule has 0 radical (unpaired) electrons. The Morgan fingerprint density at radius 1 is 1.53 bits per heavy atom. The molecule has 0 aliphatic heterocycles. The van der Waals surface area contributed by atoms with Crippen LogP contribution in [0.2, 0.25) is 5.02 Å². The van der Waals surface area contributed by atoms with Gasteiger partial charge in [-0.2, -0.15) is 0 Å². The van der Waals surface area contributed by atoms with E-state index in [2.05, 4.69) is 9.97 Å². The summed E-state index contributed by atoms with van der Waals surface area (Å²) in [5, 5.41) is 1.32. The van der Waals surface area contributed by atoms with Crippen molar-refractivity contribution in [3.8, 4) is 0 Å². The lowest BCUT2D eigenvalue weighted by molar-refractivity contribution is 0.803. The van der Waals surface area contributed by atoms with Crippen LogP contribution < -0.4 is 11.3 Å². The first kappa shape index (κ1) is 10.1. The predicted molar refractivity (Wildman–Crippen MR) is 60.0 cm³/mol. The van der Waals surface area contributed by atoms with Crippen LogP contribution in [0.4, 0.5) is 0 Å². The zero-order valence-corrected chi connectivity index (χ0v) is 8.88. The third kappa shape index (κ3) is 1.86. The zero-order valence-electron chi connectivity index (χ0n) is 8.12. The fraction of sp³-hybridized carbons (Fsp3) is 0.200. The highest BCUT2D eigenvalue weighted by Crippen LogP contribution is 2.16. The Balaban J connectivity index is 2.77. The van der Waals surface area contributed by atoms with Crippen molar-refractivity contribution in [1.82, 2.24) is 9.97 Å². The Labute approximate surface area is 91.1 Å². The SMILES string of the molecule is C[C@H](N)c1cc2cc(Cl)cnc2[nH]c1=O. The van der Waals surface area contributed by atoms with E-state index in [1.54, 1.807) is 19.1 Å². The molecule has 0 aliphatic carbocycles. The summed E-state index contributed by atoms with van der Waals surface area (Å²) in [5.41, 5.74) is 6.52. The molecule has 78 valence electrons. The topological polar surface area (TPSA) is 71.8 Å². The molecule has 15 heavy (non-hydrogen) atoms. The number of nitrogens with zero attached hydrogens (tertiary/aromatic N) is 1. The molecule has 0 aromatic carbocycles. The Morgan fingerprint density at radius 2 is 2.27 bits per heavy atom. The van der Waals surface area contributed by atoms with Gasteiger partial charge in [-0.3, -0.25) is 4.79 Å². The quantitative estimate of drug-likeness (QED) is 0.771. The highest BCUT2D eigenvalue weighted by atomic mass is 35.5. The number of pyridine rings is 2. The van der Waals surface area contributed by atoms with Gasteiger partial charge in [0.25, 0.3) is 5.56 Å². The van der Waals surface area contributed by atoms with Crippen LogP contribution in [0.25, 0.3) is 11.0 Å². The summed E-state index contributed by atoms with van der Waals surface area (Å²) in [7, 11) is 0. The average molecular weight is 224 g/mol. The number of aromatic nitrogens is 2. The van der Waals surface area contributed by atoms with Crippen molar-refractivity contribution in [3.05, 3.63) is 39.3 Å². The van der Waals surface area contributed by atoms with Crippen LogP contribution >= 0.6 is 11.6 Å². The summed E-state index contributed by atoms with van der Waals surface area (Å²) in [5.74, 6) is 0. The smallest absolute Gasteiger partial charge is 0.254 e. The van der Waals surface area contributed by atoms with Gasteiger partial charge in [0.1, 0.15) is 5.65 Å². The van der Waals surface area contributed by atoms with E-state index in [0.29, 0.717) is 16.2 Å². The van der Waals surface area contributed by atoms with Crippen LogP contribution in [-0.2, 0) is 0 Å². The minimum absolute atomic E-state index is 0.202. The average Bonchev–Trinajstić information content (AvgIpc) is 2.17. The predicted octanol–water partition coefficient (Wildman–Crippen LogP) is 1.60. The second-order valence-corrected chi connectivity index (χ2v) is 3.87. The van der Waals surface area contributed by atoms with Gasteiger partial charge in [-0.15, -0.1) is 0 Å². The summed E-state index contributed by atoms with van der Waals surface area (Å²) >= 11 is 5.80. The molecule has 2 heterocycles. The first-order valence-corrected chi connectivity index (χ1v) is 4.90. The monoisotopic (exact) mass is 223 g/mol. The van der Waals surface area contributed by atoms with Crippen LogP contribution in [0.5, 0.6) is 0 Å². The standard InChI is InChI=1S/C10H10ClN3O/c1-5(12)8-3-6-2-7(11)4-13-9(6)14-10(8)15/h2-5H,12H2,1H3,(H,13,14,15)/t5-/m0/s1. The van der Waals surface area contributed by atoms with E-state index in [-0.39, 0.29) is 11.6 Å². The summed E-state index contributed by atoms with van der Waals surface area (Å²) in [6.07, 6.45) is 1.49. The molecule has 0 aliphatic rings. The van der Waals surface area contributed by atoms with Crippen LogP contribution in [0.15, 0.2) is 23.1 Å². The Morgan fingerprint density at radius 3 is 2.93 bits per heavy atom. The molecule has 0 spiro atoms. The molecule has 5 heteroatoms. The number of nitrogens with one attached hydrogen (secondary N) is 1. The maximum atomic E-state index is 11.6. The van der Waals surface area contributed by atoms with Crippen molar-refractivity contribution in [2.75, 3.05) is 0 Å². The van der Waals surface area contributed by atoms with Gasteiger partial charge in [0.05, 0.1) is 5.02 Å². The van der Waals surface area contributed by atoms with Crippen molar-refractivity contribution in [1.29, 1.82) is 0 Å². The lowest BCUT2D eigenvalue weighted by atomic mass is 10.1. The number of aromatic amines is 1. The van der Waals surface area contributed by atoms with Gasteiger partial charge in [-0.25, -0.2) is 4.98 Å². The third-order valence-electron chi connectivity index (χ3n) is 2.18. The normalized spacial score (nSPS) is 13.0. The van der Waals surface area contributed by atoms with Crippen LogP contribution in [0, 0.1) is 0 Å². The van der Waals surface area contributed by atoms with Crippen molar-refractivity contribution >= 4 is 22.6 Å². The molecule has 3 N–H and O–H groups in total. The Hall–Kier alpha value is -1.39. The number of rotatable bonds is 1. The maximum absolute atomic E-state index is 11.6. The van der Waals surface area contributed by atoms with Gasteiger partial charge < -0.3 is 10.7 Å². The number of H-pyrrole nitrogens is 1. The molecular weight excluding hydrogens is 214 g/mol. The number of nitrogens with two attached hydrogens (primary N) is 1. The molecule has 0 saturated carbocycles. The van der Waals surface area contributed by atoms with Gasteiger partial charge in [-0.05, 0) is 19.1 Å². The van der Waals surface area contributed by atoms with Crippen molar-refractivity contribution in [2.24, 2.45) is 5.73 Å². The zero-order chi connectivity index (χ0) is 11.0. The van der Waals surface area contributed by atoms with Gasteiger partial charge in [0.2, 0.25) is 0 Å². The largest absolute Gasteiger partial charge is 0.324 e. The molecule has 0 bridgehead atoms. The van der Waals surface area contributed by atoms with Crippen molar-refractivity contribution < 1.29 is 0 Å². The molecule has 2 aromatic heterocycles. The number of halogens is 1. The second-order valence-electron chi connectivity index (χ2n) is 3.43. The van der Waals surface area contributed by atoms with Crippen LogP contribution in [0.1, 0.15) is 18.5 Å². The van der Waals surface area contributed by atoms with E-state index in [1.165, 1.54) is 6.20 Å². The Bertz CT molecular complexity index is 562. The summed E-state index contributed by atoms with van der Waals surface area (Å²) in [4.78, 5) is 18.2. The minimum atomic E-state index is -0.308. The van der Waals surface area contributed by atoms with E-state index in [4.69, 9.17) is 17.3 Å². The van der Waals surface area contributed by atoms with Crippen molar-refractivity contribution in [2.45, 2.75) is 13.0 Å². The molecule has 0 saturated heterocycles. The van der Waals surface area contributed by atoms with E-state index >= 15 is 0 Å². The van der Waals surface area contributed by atoms with Gasteiger partial charge in [0.15, 0.2) is 0 Å². The van der Waals surface area contributed by atoms with Gasteiger partial charge >= 0.3 is 0 Å². The number of fused-ring (bicyclic) bond motifs is 1.